The van der Waals surface area contributed by atoms with E-state index in [0.717, 1.165) is 0 Å². The van der Waals surface area contributed by atoms with Crippen molar-refractivity contribution in [3.8, 4) is 0 Å². The molecule has 0 unspecified atom stereocenters. The van der Waals surface area contributed by atoms with Gasteiger partial charge in [-0.05, 0) is 12.5 Å². The maximum Gasteiger partial charge on any atom is 0.305 e. The van der Waals surface area contributed by atoms with Crippen LogP contribution in [0.1, 0.15) is 23.2 Å². The molecule has 0 radical (unpaired) electrons. The Morgan fingerprint density at radius 1 is 1.47 bits per heavy atom. The van der Waals surface area contributed by atoms with Crippen LogP contribution in [0.2, 0.25) is 0 Å². The van der Waals surface area contributed by atoms with Gasteiger partial charge in [0.05, 0.1) is 7.11 Å². The molecule has 0 saturated heterocycles. The maximum atomic E-state index is 11.5. The third-order valence-electron chi connectivity index (χ3n) is 2.11. The molecule has 0 bridgehead atoms. The van der Waals surface area contributed by atoms with E-state index < -0.39 is 0 Å². The molecular weight excluding hydrogens is 224 g/mol. The van der Waals surface area contributed by atoms with E-state index in [2.05, 4.69) is 15.0 Å². The highest BCUT2D eigenvalue weighted by atomic mass is 16.5. The summed E-state index contributed by atoms with van der Waals surface area (Å²) < 4.78 is 4.46. The van der Waals surface area contributed by atoms with Crippen molar-refractivity contribution < 1.29 is 14.3 Å². The molecule has 1 heterocycles. The molecule has 92 valence electrons. The Labute approximate surface area is 98.0 Å². The van der Waals surface area contributed by atoms with Crippen molar-refractivity contribution in [2.24, 2.45) is 0 Å². The topological polar surface area (TPSA) is 88.3 Å². The normalized spacial score (nSPS) is 9.71. The summed E-state index contributed by atoms with van der Waals surface area (Å²) in [5.74, 6) is -0.642. The van der Waals surface area contributed by atoms with E-state index in [1.54, 1.807) is 0 Å². The van der Waals surface area contributed by atoms with Crippen LogP contribution in [-0.2, 0) is 9.53 Å². The summed E-state index contributed by atoms with van der Waals surface area (Å²) in [5, 5.41) is 2.61. The fraction of sp³-hybridized carbons (Fsp3) is 0.364. The lowest BCUT2D eigenvalue weighted by Gasteiger charge is -2.04. The molecule has 1 rings (SSSR count). The Kier molecular flexibility index (Phi) is 4.93. The predicted molar refractivity (Wildman–Crippen MR) is 60.6 cm³/mol. The van der Waals surface area contributed by atoms with E-state index in [-0.39, 0.29) is 23.9 Å². The van der Waals surface area contributed by atoms with E-state index in [1.165, 1.54) is 25.4 Å². The van der Waals surface area contributed by atoms with Gasteiger partial charge in [-0.3, -0.25) is 14.4 Å². The van der Waals surface area contributed by atoms with Gasteiger partial charge < -0.3 is 15.0 Å². The Hall–Kier alpha value is -2.11. The molecule has 0 saturated carbocycles. The van der Waals surface area contributed by atoms with Crippen LogP contribution in [0.3, 0.4) is 0 Å². The molecule has 6 heteroatoms. The van der Waals surface area contributed by atoms with Crippen LogP contribution in [0.25, 0.3) is 0 Å². The number of H-pyrrole nitrogens is 1. The molecule has 0 spiro atoms. The summed E-state index contributed by atoms with van der Waals surface area (Å²) in [6.45, 7) is 0.362. The molecule has 1 aromatic rings. The lowest BCUT2D eigenvalue weighted by molar-refractivity contribution is -0.140. The van der Waals surface area contributed by atoms with Crippen molar-refractivity contribution in [3.63, 3.8) is 0 Å². The summed E-state index contributed by atoms with van der Waals surface area (Å²) in [6.07, 6.45) is 2.17. The first-order valence-electron chi connectivity index (χ1n) is 5.17. The minimum absolute atomic E-state index is 0.256. The van der Waals surface area contributed by atoms with Crippen LogP contribution in [0, 0.1) is 0 Å². The van der Waals surface area contributed by atoms with Gasteiger partial charge >= 0.3 is 5.97 Å². The number of pyridine rings is 1. The van der Waals surface area contributed by atoms with Gasteiger partial charge in [0, 0.05) is 30.8 Å². The number of ether oxygens (including phenoxy) is 1. The van der Waals surface area contributed by atoms with Crippen molar-refractivity contribution in [1.29, 1.82) is 0 Å². The van der Waals surface area contributed by atoms with Crippen molar-refractivity contribution in [2.45, 2.75) is 12.8 Å². The lowest BCUT2D eigenvalue weighted by Crippen LogP contribution is -2.26. The number of methoxy groups -OCH3 is 1. The average Bonchev–Trinajstić information content (AvgIpc) is 2.34. The number of aromatic nitrogens is 1. The van der Waals surface area contributed by atoms with E-state index in [4.69, 9.17) is 0 Å². The number of hydrogen-bond acceptors (Lipinski definition) is 4. The summed E-state index contributed by atoms with van der Waals surface area (Å²) in [6, 6.07) is 2.73. The number of carbonyl (C=O) groups is 2. The Morgan fingerprint density at radius 2 is 2.24 bits per heavy atom. The standard InChI is InChI=1S/C11H14N2O4/c1-17-10(15)3-2-5-13-11(16)8-4-6-12-9(14)7-8/h4,6-7H,2-3,5H2,1H3,(H,12,14)(H,13,16). The summed E-state index contributed by atoms with van der Waals surface area (Å²) in [7, 11) is 1.32. The van der Waals surface area contributed by atoms with Crippen LogP contribution >= 0.6 is 0 Å². The number of rotatable bonds is 5. The van der Waals surface area contributed by atoms with E-state index in [9.17, 15) is 14.4 Å². The van der Waals surface area contributed by atoms with Crippen LogP contribution in [0.5, 0.6) is 0 Å². The van der Waals surface area contributed by atoms with Gasteiger partial charge in [0.1, 0.15) is 0 Å². The van der Waals surface area contributed by atoms with Gasteiger partial charge in [-0.2, -0.15) is 0 Å². The van der Waals surface area contributed by atoms with Crippen molar-refractivity contribution in [3.05, 3.63) is 34.2 Å². The van der Waals surface area contributed by atoms with E-state index in [1.807, 2.05) is 0 Å². The molecular formula is C11H14N2O4. The molecule has 0 aliphatic carbocycles. The van der Waals surface area contributed by atoms with E-state index in [0.29, 0.717) is 18.5 Å². The molecule has 1 aromatic heterocycles. The number of nitrogens with one attached hydrogen (secondary N) is 2. The molecule has 0 aliphatic heterocycles. The Bertz CT molecular complexity index is 453. The highest BCUT2D eigenvalue weighted by Gasteiger charge is 2.05. The number of esters is 1. The third kappa shape index (κ3) is 4.50. The first-order valence-corrected chi connectivity index (χ1v) is 5.17. The second-order valence-corrected chi connectivity index (χ2v) is 3.38. The third-order valence-corrected chi connectivity index (χ3v) is 2.11. The fourth-order valence-corrected chi connectivity index (χ4v) is 1.22. The quantitative estimate of drug-likeness (QED) is 0.560. The Balaban J connectivity index is 2.35. The molecule has 0 aromatic carbocycles. The van der Waals surface area contributed by atoms with Crippen LogP contribution in [-0.4, -0.2) is 30.5 Å². The zero-order chi connectivity index (χ0) is 12.7. The number of amides is 1. The van der Waals surface area contributed by atoms with Crippen molar-refractivity contribution in [1.82, 2.24) is 10.3 Å². The molecule has 6 nitrogen and oxygen atoms in total. The number of carbonyl (C=O) groups excluding carboxylic acids is 2. The minimum Gasteiger partial charge on any atom is -0.469 e. The molecule has 17 heavy (non-hydrogen) atoms. The first-order chi connectivity index (χ1) is 8.13. The minimum atomic E-state index is -0.332. The van der Waals surface area contributed by atoms with Gasteiger partial charge in [-0.25, -0.2) is 0 Å². The fourth-order valence-electron chi connectivity index (χ4n) is 1.22. The SMILES string of the molecule is COC(=O)CCCNC(=O)c1cc[nH]c(=O)c1. The second kappa shape index (κ2) is 6.47. The highest BCUT2D eigenvalue weighted by molar-refractivity contribution is 5.93. The summed E-state index contributed by atoms with van der Waals surface area (Å²) >= 11 is 0. The average molecular weight is 238 g/mol. The Morgan fingerprint density at radius 3 is 2.88 bits per heavy atom. The monoisotopic (exact) mass is 238 g/mol. The predicted octanol–water partition coefficient (Wildman–Crippen LogP) is 0.0579. The van der Waals surface area contributed by atoms with Gasteiger partial charge in [0.15, 0.2) is 0 Å². The number of hydrogen-bond donors (Lipinski definition) is 2. The highest BCUT2D eigenvalue weighted by Crippen LogP contribution is 1.94. The zero-order valence-corrected chi connectivity index (χ0v) is 9.49. The molecule has 1 amide bonds. The zero-order valence-electron chi connectivity index (χ0n) is 9.49. The molecule has 0 fully saturated rings. The lowest BCUT2D eigenvalue weighted by atomic mass is 10.2. The molecule has 0 aliphatic rings. The van der Waals surface area contributed by atoms with Crippen molar-refractivity contribution in [2.75, 3.05) is 13.7 Å². The second-order valence-electron chi connectivity index (χ2n) is 3.38. The van der Waals surface area contributed by atoms with Gasteiger partial charge in [-0.15, -0.1) is 0 Å². The first kappa shape index (κ1) is 13.0. The molecule has 2 N–H and O–H groups in total. The smallest absolute Gasteiger partial charge is 0.305 e. The summed E-state index contributed by atoms with van der Waals surface area (Å²) in [5.41, 5.74) is -0.0287. The summed E-state index contributed by atoms with van der Waals surface area (Å²) in [4.78, 5) is 35.7. The number of aromatic amines is 1. The maximum absolute atomic E-state index is 11.5. The van der Waals surface area contributed by atoms with Gasteiger partial charge in [0.2, 0.25) is 5.56 Å². The van der Waals surface area contributed by atoms with Gasteiger partial charge in [-0.1, -0.05) is 0 Å². The van der Waals surface area contributed by atoms with Crippen LogP contribution in [0.15, 0.2) is 23.1 Å². The van der Waals surface area contributed by atoms with E-state index >= 15 is 0 Å². The largest absolute Gasteiger partial charge is 0.469 e. The van der Waals surface area contributed by atoms with Crippen LogP contribution < -0.4 is 10.9 Å². The molecule has 0 atom stereocenters. The van der Waals surface area contributed by atoms with Gasteiger partial charge in [0.25, 0.3) is 5.91 Å². The van der Waals surface area contributed by atoms with Crippen LogP contribution in [0.4, 0.5) is 0 Å². The van der Waals surface area contributed by atoms with Crippen molar-refractivity contribution >= 4 is 11.9 Å².